The molecular weight excluding hydrogens is 250 g/mol. The van der Waals surface area contributed by atoms with Crippen LogP contribution < -0.4 is 10.6 Å². The second-order valence-corrected chi connectivity index (χ2v) is 5.12. The van der Waals surface area contributed by atoms with E-state index >= 15 is 0 Å². The Balaban J connectivity index is 2.42. The van der Waals surface area contributed by atoms with Gasteiger partial charge in [-0.15, -0.1) is 0 Å². The van der Waals surface area contributed by atoms with Crippen LogP contribution in [0.5, 0.6) is 0 Å². The Morgan fingerprint density at radius 2 is 2.00 bits per heavy atom. The monoisotopic (exact) mass is 270 g/mol. The second-order valence-electron chi connectivity index (χ2n) is 5.12. The molecule has 0 saturated heterocycles. The number of hydrogen-bond acceptors (Lipinski definition) is 2. The summed E-state index contributed by atoms with van der Waals surface area (Å²) >= 11 is 0. The second kappa shape index (κ2) is 6.61. The van der Waals surface area contributed by atoms with Crippen LogP contribution >= 0.6 is 0 Å². The van der Waals surface area contributed by atoms with Crippen molar-refractivity contribution in [3.63, 3.8) is 0 Å². The van der Waals surface area contributed by atoms with Crippen molar-refractivity contribution < 1.29 is 13.6 Å². The van der Waals surface area contributed by atoms with Crippen LogP contribution in [0.4, 0.5) is 8.78 Å². The molecular formula is C14H20F2N2O. The third kappa shape index (κ3) is 5.34. The molecule has 0 bridgehead atoms. The van der Waals surface area contributed by atoms with Crippen molar-refractivity contribution in [1.29, 1.82) is 0 Å². The van der Waals surface area contributed by atoms with Crippen molar-refractivity contribution in [2.75, 3.05) is 6.54 Å². The Bertz CT molecular complexity index is 447. The average molecular weight is 270 g/mol. The highest BCUT2D eigenvalue weighted by Gasteiger charge is 2.17. The summed E-state index contributed by atoms with van der Waals surface area (Å²) in [5, 5.41) is 5.65. The summed E-state index contributed by atoms with van der Waals surface area (Å²) in [6.45, 7) is 6.02. The van der Waals surface area contributed by atoms with E-state index in [4.69, 9.17) is 0 Å². The van der Waals surface area contributed by atoms with Crippen LogP contribution in [0.15, 0.2) is 18.2 Å². The number of benzene rings is 1. The van der Waals surface area contributed by atoms with E-state index in [9.17, 15) is 13.6 Å². The van der Waals surface area contributed by atoms with Crippen molar-refractivity contribution in [3.05, 3.63) is 35.4 Å². The third-order valence-corrected chi connectivity index (χ3v) is 2.97. The summed E-state index contributed by atoms with van der Waals surface area (Å²) in [5.41, 5.74) is -0.0503. The van der Waals surface area contributed by atoms with Crippen LogP contribution in [-0.2, 0) is 11.3 Å². The maximum Gasteiger partial charge on any atom is 0.234 e. The van der Waals surface area contributed by atoms with E-state index in [-0.39, 0.29) is 30.1 Å². The Morgan fingerprint density at radius 1 is 1.32 bits per heavy atom. The van der Waals surface area contributed by atoms with E-state index in [0.29, 0.717) is 0 Å². The van der Waals surface area contributed by atoms with Crippen LogP contribution in [0, 0.1) is 11.6 Å². The first-order valence-electron chi connectivity index (χ1n) is 6.29. The molecule has 0 radical (unpaired) electrons. The number of carbonyl (C=O) groups is 1. The van der Waals surface area contributed by atoms with Gasteiger partial charge in [0, 0.05) is 17.6 Å². The van der Waals surface area contributed by atoms with Crippen LogP contribution in [0.3, 0.4) is 0 Å². The van der Waals surface area contributed by atoms with Gasteiger partial charge in [-0.05, 0) is 38.5 Å². The van der Waals surface area contributed by atoms with Crippen LogP contribution in [-0.4, -0.2) is 18.0 Å². The fraction of sp³-hybridized carbons (Fsp3) is 0.500. The van der Waals surface area contributed by atoms with Gasteiger partial charge in [0.2, 0.25) is 5.91 Å². The van der Waals surface area contributed by atoms with Gasteiger partial charge < -0.3 is 10.6 Å². The SMILES string of the molecule is CCC(C)(C)NC(=O)CNCc1cc(F)ccc1F. The smallest absolute Gasteiger partial charge is 0.234 e. The lowest BCUT2D eigenvalue weighted by Gasteiger charge is -2.24. The minimum atomic E-state index is -0.491. The Hall–Kier alpha value is -1.49. The number of nitrogens with one attached hydrogen (secondary N) is 2. The van der Waals surface area contributed by atoms with E-state index < -0.39 is 11.6 Å². The zero-order valence-electron chi connectivity index (χ0n) is 11.5. The van der Waals surface area contributed by atoms with Crippen LogP contribution in [0.1, 0.15) is 32.8 Å². The molecule has 0 aliphatic heterocycles. The zero-order chi connectivity index (χ0) is 14.5. The predicted molar refractivity (Wildman–Crippen MR) is 70.6 cm³/mol. The molecule has 0 fully saturated rings. The van der Waals surface area contributed by atoms with E-state index in [2.05, 4.69) is 10.6 Å². The summed E-state index contributed by atoms with van der Waals surface area (Å²) in [6, 6.07) is 3.26. The van der Waals surface area contributed by atoms with Gasteiger partial charge in [-0.2, -0.15) is 0 Å². The van der Waals surface area contributed by atoms with E-state index in [1.807, 2.05) is 20.8 Å². The maximum absolute atomic E-state index is 13.3. The summed E-state index contributed by atoms with van der Waals surface area (Å²) in [6.07, 6.45) is 0.817. The molecule has 1 amide bonds. The van der Waals surface area contributed by atoms with E-state index in [1.54, 1.807) is 0 Å². The van der Waals surface area contributed by atoms with E-state index in [1.165, 1.54) is 0 Å². The highest BCUT2D eigenvalue weighted by Crippen LogP contribution is 2.09. The molecule has 0 aromatic heterocycles. The molecule has 19 heavy (non-hydrogen) atoms. The molecule has 0 aliphatic rings. The van der Waals surface area contributed by atoms with Crippen molar-refractivity contribution >= 4 is 5.91 Å². The average Bonchev–Trinajstić information content (AvgIpc) is 2.33. The Labute approximate surface area is 112 Å². The molecule has 3 nitrogen and oxygen atoms in total. The van der Waals surface area contributed by atoms with Crippen LogP contribution in [0.2, 0.25) is 0 Å². The Morgan fingerprint density at radius 3 is 2.63 bits per heavy atom. The number of halogens is 2. The minimum absolute atomic E-state index is 0.0688. The van der Waals surface area contributed by atoms with Gasteiger partial charge in [-0.1, -0.05) is 6.92 Å². The molecule has 0 atom stereocenters. The molecule has 0 heterocycles. The van der Waals surface area contributed by atoms with Crippen molar-refractivity contribution in [1.82, 2.24) is 10.6 Å². The standard InChI is InChI=1S/C14H20F2N2O/c1-4-14(2,3)18-13(19)9-17-8-10-7-11(15)5-6-12(10)16/h5-7,17H,4,8-9H2,1-3H3,(H,18,19). The Kier molecular flexibility index (Phi) is 5.42. The first-order chi connectivity index (χ1) is 8.84. The number of amides is 1. The number of rotatable bonds is 6. The minimum Gasteiger partial charge on any atom is -0.350 e. The summed E-state index contributed by atoms with van der Waals surface area (Å²) in [5.74, 6) is -1.14. The maximum atomic E-state index is 13.3. The van der Waals surface area contributed by atoms with Crippen molar-refractivity contribution in [3.8, 4) is 0 Å². The van der Waals surface area contributed by atoms with E-state index in [0.717, 1.165) is 24.6 Å². The normalized spacial score (nSPS) is 11.4. The van der Waals surface area contributed by atoms with Gasteiger partial charge >= 0.3 is 0 Å². The van der Waals surface area contributed by atoms with Gasteiger partial charge in [-0.25, -0.2) is 8.78 Å². The molecule has 1 aromatic carbocycles. The van der Waals surface area contributed by atoms with Crippen molar-refractivity contribution in [2.24, 2.45) is 0 Å². The lowest BCUT2D eigenvalue weighted by Crippen LogP contribution is -2.46. The fourth-order valence-electron chi connectivity index (χ4n) is 1.50. The molecule has 0 saturated carbocycles. The number of hydrogen-bond donors (Lipinski definition) is 2. The van der Waals surface area contributed by atoms with Crippen molar-refractivity contribution in [2.45, 2.75) is 39.3 Å². The molecule has 0 spiro atoms. The predicted octanol–water partition coefficient (Wildman–Crippen LogP) is 2.36. The first kappa shape index (κ1) is 15.6. The zero-order valence-corrected chi connectivity index (χ0v) is 11.5. The lowest BCUT2D eigenvalue weighted by molar-refractivity contribution is -0.121. The quantitative estimate of drug-likeness (QED) is 0.833. The fourth-order valence-corrected chi connectivity index (χ4v) is 1.50. The summed E-state index contributed by atoms with van der Waals surface area (Å²) in [7, 11) is 0. The molecule has 106 valence electrons. The summed E-state index contributed by atoms with van der Waals surface area (Å²) < 4.78 is 26.2. The van der Waals surface area contributed by atoms with Gasteiger partial charge in [0.05, 0.1) is 6.54 Å². The van der Waals surface area contributed by atoms with Crippen LogP contribution in [0.25, 0.3) is 0 Å². The molecule has 2 N–H and O–H groups in total. The highest BCUT2D eigenvalue weighted by molar-refractivity contribution is 5.78. The van der Waals surface area contributed by atoms with Gasteiger partial charge in [-0.3, -0.25) is 4.79 Å². The number of carbonyl (C=O) groups excluding carboxylic acids is 1. The van der Waals surface area contributed by atoms with Gasteiger partial charge in [0.15, 0.2) is 0 Å². The molecule has 0 aliphatic carbocycles. The largest absolute Gasteiger partial charge is 0.350 e. The van der Waals surface area contributed by atoms with Gasteiger partial charge in [0.1, 0.15) is 11.6 Å². The summed E-state index contributed by atoms with van der Waals surface area (Å²) in [4.78, 5) is 11.6. The molecule has 0 unspecified atom stereocenters. The first-order valence-corrected chi connectivity index (χ1v) is 6.29. The molecule has 1 aromatic rings. The molecule has 1 rings (SSSR count). The topological polar surface area (TPSA) is 41.1 Å². The highest BCUT2D eigenvalue weighted by atomic mass is 19.1. The van der Waals surface area contributed by atoms with Gasteiger partial charge in [0.25, 0.3) is 0 Å². The lowest BCUT2D eigenvalue weighted by atomic mass is 10.0. The third-order valence-electron chi connectivity index (χ3n) is 2.97. The molecule has 5 heteroatoms.